The molecule has 0 aliphatic carbocycles. The molecule has 0 aromatic rings. The van der Waals surface area contributed by atoms with Crippen LogP contribution in [0.3, 0.4) is 0 Å². The van der Waals surface area contributed by atoms with E-state index >= 15 is 0 Å². The number of hydrogen-bond acceptors (Lipinski definition) is 3. The Labute approximate surface area is 136 Å². The van der Waals surface area contributed by atoms with E-state index < -0.39 is 5.09 Å². The first kappa shape index (κ1) is 26.0. The van der Waals surface area contributed by atoms with Gasteiger partial charge in [0, 0.05) is 0 Å². The summed E-state index contributed by atoms with van der Waals surface area (Å²) in [5.41, 5.74) is 0. The lowest BCUT2D eigenvalue weighted by Crippen LogP contribution is -2.50. The van der Waals surface area contributed by atoms with E-state index in [1.54, 1.807) is 0 Å². The zero-order valence-corrected chi connectivity index (χ0v) is 15.1. The molecule has 0 radical (unpaired) electrons. The van der Waals surface area contributed by atoms with Gasteiger partial charge in [-0.25, -0.2) is 0 Å². The molecule has 0 aromatic carbocycles. The van der Waals surface area contributed by atoms with Gasteiger partial charge >= 0.3 is 0 Å². The molecule has 0 aliphatic heterocycles. The summed E-state index contributed by atoms with van der Waals surface area (Å²) in [6, 6.07) is 0. The Hall–Kier alpha value is -0.880. The first-order chi connectivity index (χ1) is 9.97. The van der Waals surface area contributed by atoms with E-state index in [0.29, 0.717) is 0 Å². The highest BCUT2D eigenvalue weighted by Gasteiger charge is 2.24. The van der Waals surface area contributed by atoms with Crippen molar-refractivity contribution in [1.29, 1.82) is 0 Å². The van der Waals surface area contributed by atoms with Crippen molar-refractivity contribution in [3.63, 3.8) is 0 Å². The molecule has 0 spiro atoms. The van der Waals surface area contributed by atoms with Crippen LogP contribution in [0.1, 0.15) is 79.1 Å². The van der Waals surface area contributed by atoms with E-state index in [1.807, 2.05) is 0 Å². The summed E-state index contributed by atoms with van der Waals surface area (Å²) in [6.07, 6.45) is 11.1. The highest BCUT2D eigenvalue weighted by molar-refractivity contribution is 4.49. The van der Waals surface area contributed by atoms with Crippen molar-refractivity contribution in [2.45, 2.75) is 79.1 Å². The van der Waals surface area contributed by atoms with Gasteiger partial charge in [0.15, 0.2) is 0 Å². The Morgan fingerprint density at radius 1 is 0.682 bits per heavy atom. The van der Waals surface area contributed by atoms with Crippen LogP contribution in [-0.4, -0.2) is 41.2 Å². The Morgan fingerprint density at radius 2 is 0.864 bits per heavy atom. The fourth-order valence-corrected chi connectivity index (χ4v) is 2.64. The molecule has 0 heterocycles. The molecule has 0 saturated heterocycles. The number of rotatable bonds is 12. The second-order valence-corrected chi connectivity index (χ2v) is 5.87. The van der Waals surface area contributed by atoms with Crippen LogP contribution in [-0.2, 0) is 0 Å². The van der Waals surface area contributed by atoms with Crippen molar-refractivity contribution in [3.05, 3.63) is 15.3 Å². The van der Waals surface area contributed by atoms with Gasteiger partial charge in [-0.15, -0.1) is 0 Å². The topological polar surface area (TPSA) is 97.7 Å². The fraction of sp³-hybridized carbons (Fsp3) is 1.00. The van der Waals surface area contributed by atoms with Crippen LogP contribution in [0.15, 0.2) is 0 Å². The molecule has 0 unspecified atom stereocenters. The minimum absolute atomic E-state index is 0. The number of quaternary nitrogens is 1. The molecule has 6 nitrogen and oxygen atoms in total. The maximum Gasteiger partial charge on any atom is 0.0786 e. The van der Waals surface area contributed by atoms with E-state index in [2.05, 4.69) is 27.7 Å². The van der Waals surface area contributed by atoms with E-state index in [0.717, 1.165) is 0 Å². The normalized spacial score (nSPS) is 10.4. The van der Waals surface area contributed by atoms with E-state index in [1.165, 1.54) is 82.0 Å². The second-order valence-electron chi connectivity index (χ2n) is 5.87. The Morgan fingerprint density at radius 3 is 1.00 bits per heavy atom. The van der Waals surface area contributed by atoms with Gasteiger partial charge < -0.3 is 25.3 Å². The Bertz CT molecular complexity index is 197. The summed E-state index contributed by atoms with van der Waals surface area (Å²) in [4.78, 5) is 8.25. The highest BCUT2D eigenvalue weighted by atomic mass is 16.9. The minimum Gasteiger partial charge on any atom is -0.412 e. The predicted octanol–water partition coefficient (Wildman–Crippen LogP) is 3.94. The average Bonchev–Trinajstić information content (AvgIpc) is 2.45. The van der Waals surface area contributed by atoms with E-state index in [9.17, 15) is 0 Å². The maximum atomic E-state index is 8.25. The Balaban J connectivity index is -0.000000640. The lowest BCUT2D eigenvalue weighted by Gasteiger charge is -2.39. The minimum atomic E-state index is -1.75. The zero-order chi connectivity index (χ0) is 16.6. The highest BCUT2D eigenvalue weighted by Crippen LogP contribution is 2.16. The fourth-order valence-electron chi connectivity index (χ4n) is 2.64. The SMILES string of the molecule is CCCC[N+](CCCC)(CCCC)CCCC.O.O=[N+]([O-])[O-]. The summed E-state index contributed by atoms with van der Waals surface area (Å²) in [5, 5.41) is 14.8. The first-order valence-electron chi connectivity index (χ1n) is 8.64. The Kier molecular flexibility index (Phi) is 21.5. The van der Waals surface area contributed by atoms with Crippen LogP contribution in [0.25, 0.3) is 0 Å². The predicted molar refractivity (Wildman–Crippen MR) is 93.3 cm³/mol. The average molecular weight is 322 g/mol. The third-order valence-electron chi connectivity index (χ3n) is 3.94. The molecular weight excluding hydrogens is 284 g/mol. The third-order valence-corrected chi connectivity index (χ3v) is 3.94. The van der Waals surface area contributed by atoms with Gasteiger partial charge in [0.2, 0.25) is 0 Å². The van der Waals surface area contributed by atoms with Gasteiger partial charge in [0.1, 0.15) is 0 Å². The van der Waals surface area contributed by atoms with Crippen LogP contribution in [0.2, 0.25) is 0 Å². The van der Waals surface area contributed by atoms with Crippen molar-refractivity contribution < 1.29 is 15.0 Å². The van der Waals surface area contributed by atoms with Crippen LogP contribution >= 0.6 is 0 Å². The van der Waals surface area contributed by atoms with Crippen molar-refractivity contribution in [1.82, 2.24) is 0 Å². The van der Waals surface area contributed by atoms with Gasteiger partial charge in [-0.1, -0.05) is 53.4 Å². The molecule has 22 heavy (non-hydrogen) atoms. The van der Waals surface area contributed by atoms with E-state index in [-0.39, 0.29) is 5.48 Å². The van der Waals surface area contributed by atoms with Crippen LogP contribution < -0.4 is 0 Å². The lowest BCUT2D eigenvalue weighted by molar-refractivity contribution is -0.929. The van der Waals surface area contributed by atoms with Crippen LogP contribution in [0.5, 0.6) is 0 Å². The molecule has 136 valence electrons. The van der Waals surface area contributed by atoms with Crippen LogP contribution in [0, 0.1) is 15.3 Å². The molecule has 0 atom stereocenters. The first-order valence-corrected chi connectivity index (χ1v) is 8.64. The van der Waals surface area contributed by atoms with Gasteiger partial charge in [-0.05, 0) is 25.7 Å². The standard InChI is InChI=1S/C16H36N.NO3.H2O/c1-5-9-13-17(14-10-6-2,15-11-7-3)16-12-8-4;2-1(3)4;/h5-16H2,1-4H3;;1H2/q+1;-1;. The van der Waals surface area contributed by atoms with E-state index in [4.69, 9.17) is 15.3 Å². The van der Waals surface area contributed by atoms with Gasteiger partial charge in [0.25, 0.3) is 0 Å². The lowest BCUT2D eigenvalue weighted by atomic mass is 10.1. The van der Waals surface area contributed by atoms with Gasteiger partial charge in [-0.2, -0.15) is 0 Å². The van der Waals surface area contributed by atoms with Crippen molar-refractivity contribution in [2.75, 3.05) is 26.2 Å². The second kappa shape index (κ2) is 18.2. The van der Waals surface area contributed by atoms with Gasteiger partial charge in [0.05, 0.1) is 31.3 Å². The van der Waals surface area contributed by atoms with Crippen LogP contribution in [0.4, 0.5) is 0 Å². The quantitative estimate of drug-likeness (QED) is 0.309. The van der Waals surface area contributed by atoms with Crippen molar-refractivity contribution in [2.24, 2.45) is 0 Å². The molecule has 6 heteroatoms. The number of nitrogens with zero attached hydrogens (tertiary/aromatic N) is 2. The van der Waals surface area contributed by atoms with Crippen molar-refractivity contribution in [3.8, 4) is 0 Å². The monoisotopic (exact) mass is 322 g/mol. The van der Waals surface area contributed by atoms with Crippen molar-refractivity contribution >= 4 is 0 Å². The molecular formula is C16H38N2O4. The molecule has 0 bridgehead atoms. The molecule has 2 N–H and O–H groups in total. The number of hydrogen-bond donors (Lipinski definition) is 0. The maximum absolute atomic E-state index is 8.25. The number of unbranched alkanes of at least 4 members (excludes halogenated alkanes) is 4. The summed E-state index contributed by atoms with van der Waals surface area (Å²) in [5.74, 6) is 0. The molecule has 0 amide bonds. The molecule has 0 rings (SSSR count). The summed E-state index contributed by atoms with van der Waals surface area (Å²) in [6.45, 7) is 15.0. The summed E-state index contributed by atoms with van der Waals surface area (Å²) < 4.78 is 1.42. The van der Waals surface area contributed by atoms with Gasteiger partial charge in [-0.3, -0.25) is 0 Å². The molecule has 0 fully saturated rings. The molecule has 0 aromatic heterocycles. The summed E-state index contributed by atoms with van der Waals surface area (Å²) in [7, 11) is 0. The zero-order valence-electron chi connectivity index (χ0n) is 15.1. The largest absolute Gasteiger partial charge is 0.412 e. The molecule has 0 aliphatic rings. The summed E-state index contributed by atoms with van der Waals surface area (Å²) >= 11 is 0. The third kappa shape index (κ3) is 17.2. The smallest absolute Gasteiger partial charge is 0.0786 e. The molecule has 0 saturated carbocycles.